The summed E-state index contributed by atoms with van der Waals surface area (Å²) in [5, 5.41) is 41.4. The molecule has 0 aromatic carbocycles. The van der Waals surface area contributed by atoms with Gasteiger partial charge in [-0.3, -0.25) is 52.7 Å². The van der Waals surface area contributed by atoms with Crippen molar-refractivity contribution in [2.45, 2.75) is 145 Å². The van der Waals surface area contributed by atoms with Crippen molar-refractivity contribution in [3.8, 4) is 0 Å². The van der Waals surface area contributed by atoms with Crippen molar-refractivity contribution in [2.24, 2.45) is 23.1 Å². The van der Waals surface area contributed by atoms with Gasteiger partial charge in [0.25, 0.3) is 11.8 Å². The number of hydrogen-bond donors (Lipinski definition) is 11. The molecule has 26 nitrogen and oxygen atoms in total. The average Bonchev–Trinajstić information content (AvgIpc) is 3.59. The number of amides is 11. The lowest BCUT2D eigenvalue weighted by molar-refractivity contribution is -0.148. The number of primary amides is 3. The van der Waals surface area contributed by atoms with Crippen molar-refractivity contribution in [2.75, 3.05) is 32.8 Å². The summed E-state index contributed by atoms with van der Waals surface area (Å²) in [5.41, 5.74) is 15.9. The van der Waals surface area contributed by atoms with Crippen LogP contribution in [0.2, 0.25) is 0 Å². The zero-order valence-corrected chi connectivity index (χ0v) is 37.1. The Hall–Kier alpha value is -5.99. The largest absolute Gasteiger partial charge is 0.394 e. The van der Waals surface area contributed by atoms with Gasteiger partial charge in [0.15, 0.2) is 12.2 Å². The number of rotatable bonds is 23. The van der Waals surface area contributed by atoms with E-state index in [1.807, 2.05) is 0 Å². The van der Waals surface area contributed by atoms with Crippen LogP contribution in [-0.2, 0) is 57.5 Å². The molecule has 11 atom stereocenters. The number of ether oxygens (including phenoxy) is 1. The summed E-state index contributed by atoms with van der Waals surface area (Å²) < 4.78 is 5.31. The van der Waals surface area contributed by atoms with E-state index in [4.69, 9.17) is 21.9 Å². The number of aliphatic hydroxyl groups is 3. The number of nitrogens with two attached hydrogens (primary N) is 3. The van der Waals surface area contributed by atoms with Gasteiger partial charge < -0.3 is 78.5 Å². The first kappa shape index (κ1) is 52.6. The highest BCUT2D eigenvalue weighted by molar-refractivity contribution is 6.01. The second-order valence-corrected chi connectivity index (χ2v) is 17.3. The lowest BCUT2D eigenvalue weighted by atomic mass is 10.0. The zero-order valence-electron chi connectivity index (χ0n) is 37.1. The Morgan fingerprint density at radius 3 is 1.56 bits per heavy atom. The maximum atomic E-state index is 14.0. The highest BCUT2D eigenvalue weighted by atomic mass is 16.6. The molecule has 0 aliphatic carbocycles. The van der Waals surface area contributed by atoms with Gasteiger partial charge in [-0.2, -0.15) is 0 Å². The molecule has 0 saturated carbocycles. The molecule has 0 aromatic rings. The summed E-state index contributed by atoms with van der Waals surface area (Å²) in [6.07, 6.45) is -2.98. The predicted octanol–water partition coefficient (Wildman–Crippen LogP) is -7.20. The van der Waals surface area contributed by atoms with Gasteiger partial charge >= 0.3 is 0 Å². The Morgan fingerprint density at radius 2 is 1.06 bits per heavy atom. The molecule has 26 heteroatoms. The van der Waals surface area contributed by atoms with Gasteiger partial charge in [-0.15, -0.1) is 0 Å². The number of hydrogen-bond acceptors (Lipinski definition) is 15. The van der Waals surface area contributed by atoms with Crippen LogP contribution in [-0.4, -0.2) is 194 Å². The third-order valence-corrected chi connectivity index (χ3v) is 11.9. The predicted molar refractivity (Wildman–Crippen MR) is 225 cm³/mol. The van der Waals surface area contributed by atoms with Crippen molar-refractivity contribution in [1.29, 1.82) is 0 Å². The lowest BCUT2D eigenvalue weighted by Gasteiger charge is -2.33. The zero-order chi connectivity index (χ0) is 49.2. The number of nitrogens with one attached hydrogen (secondary N) is 5. The Balaban J connectivity index is 1.38. The molecule has 0 aromatic heterocycles. The normalized spacial score (nSPS) is 24.0. The molecule has 4 fully saturated rings. The second kappa shape index (κ2) is 23.5. The summed E-state index contributed by atoms with van der Waals surface area (Å²) in [6, 6.07) is -10.3. The third kappa shape index (κ3) is 13.3. The number of carbonyl (C=O) groups excluding carboxylic acids is 11. The van der Waals surface area contributed by atoms with Crippen molar-refractivity contribution >= 4 is 65.0 Å². The van der Waals surface area contributed by atoms with Crippen LogP contribution in [0.15, 0.2) is 0 Å². The molecule has 0 spiro atoms. The van der Waals surface area contributed by atoms with E-state index in [2.05, 4.69) is 26.6 Å². The summed E-state index contributed by atoms with van der Waals surface area (Å²) in [5.74, 6) is -9.32. The molecule has 0 radical (unpaired) electrons. The topological polar surface area (TPSA) is 409 Å². The van der Waals surface area contributed by atoms with Gasteiger partial charge in [-0.1, -0.05) is 13.8 Å². The van der Waals surface area contributed by atoms with E-state index in [1.54, 1.807) is 13.8 Å². The van der Waals surface area contributed by atoms with E-state index in [1.165, 1.54) is 21.6 Å². The van der Waals surface area contributed by atoms with Crippen LogP contribution < -0.4 is 43.8 Å². The first-order chi connectivity index (χ1) is 31.1. The van der Waals surface area contributed by atoms with Gasteiger partial charge in [0.1, 0.15) is 48.3 Å². The Labute approximate surface area is 379 Å². The fraction of sp³-hybridized carbons (Fsp3) is 0.725. The SMILES string of the molecule is CC(C)C[C@H](NC(=O)[C@@H]1O[C@H]1C(=O)N[C@@H](CO)C(=O)N[C@@H](CCC(N)=O)C(=O)N1CCC[C@H]1C(=O)N1CCC[C@H]1C(=O)N[C@@H](CO)C(N)=O)C(=O)N1CCC[C@H]1C(=O)N[C@H](C(N)=O)[C@@H](C)O. The van der Waals surface area contributed by atoms with Gasteiger partial charge in [0, 0.05) is 26.1 Å². The molecule has 4 aliphatic rings. The van der Waals surface area contributed by atoms with Crippen LogP contribution in [0.3, 0.4) is 0 Å². The van der Waals surface area contributed by atoms with Crippen LogP contribution in [0.25, 0.3) is 0 Å². The summed E-state index contributed by atoms with van der Waals surface area (Å²) >= 11 is 0. The molecule has 0 bridgehead atoms. The van der Waals surface area contributed by atoms with E-state index in [-0.39, 0.29) is 57.7 Å². The van der Waals surface area contributed by atoms with E-state index < -0.39 is 151 Å². The fourth-order valence-electron chi connectivity index (χ4n) is 8.36. The molecule has 4 aliphatic heterocycles. The second-order valence-electron chi connectivity index (χ2n) is 17.3. The first-order valence-electron chi connectivity index (χ1n) is 22.0. The minimum absolute atomic E-state index is 0.0543. The van der Waals surface area contributed by atoms with Crippen LogP contribution in [0.5, 0.6) is 0 Å². The average molecular weight is 938 g/mol. The van der Waals surface area contributed by atoms with E-state index in [0.29, 0.717) is 19.3 Å². The van der Waals surface area contributed by atoms with Gasteiger partial charge in [-0.05, 0) is 64.2 Å². The Morgan fingerprint density at radius 1 is 0.591 bits per heavy atom. The summed E-state index contributed by atoms with van der Waals surface area (Å²) in [4.78, 5) is 147. The van der Waals surface area contributed by atoms with E-state index in [0.717, 1.165) is 0 Å². The van der Waals surface area contributed by atoms with Crippen LogP contribution in [0.4, 0.5) is 0 Å². The number of epoxide rings is 1. The molecule has 4 rings (SSSR count). The van der Waals surface area contributed by atoms with Gasteiger partial charge in [0.05, 0.1) is 19.3 Å². The maximum absolute atomic E-state index is 14.0. The summed E-state index contributed by atoms with van der Waals surface area (Å²) in [6.45, 7) is 3.43. The van der Waals surface area contributed by atoms with Crippen molar-refractivity contribution < 1.29 is 72.8 Å². The van der Waals surface area contributed by atoms with Crippen LogP contribution in [0.1, 0.15) is 78.6 Å². The monoisotopic (exact) mass is 937 g/mol. The van der Waals surface area contributed by atoms with Gasteiger partial charge in [-0.25, -0.2) is 0 Å². The number of likely N-dealkylation sites (tertiary alicyclic amines) is 3. The van der Waals surface area contributed by atoms with Crippen LogP contribution in [0, 0.1) is 5.92 Å². The molecule has 4 saturated heterocycles. The Kier molecular flexibility index (Phi) is 18.7. The fourth-order valence-corrected chi connectivity index (χ4v) is 8.36. The third-order valence-electron chi connectivity index (χ3n) is 11.9. The molecule has 368 valence electrons. The number of carbonyl (C=O) groups is 11. The summed E-state index contributed by atoms with van der Waals surface area (Å²) in [7, 11) is 0. The Bertz CT molecular complexity index is 1880. The number of aliphatic hydroxyl groups excluding tert-OH is 3. The van der Waals surface area contributed by atoms with E-state index >= 15 is 0 Å². The highest BCUT2D eigenvalue weighted by Gasteiger charge is 2.52. The maximum Gasteiger partial charge on any atom is 0.253 e. The van der Waals surface area contributed by atoms with Crippen molar-refractivity contribution in [1.82, 2.24) is 41.3 Å². The number of nitrogens with zero attached hydrogens (tertiary/aromatic N) is 3. The lowest BCUT2D eigenvalue weighted by Crippen LogP contribution is -2.59. The molecule has 4 heterocycles. The van der Waals surface area contributed by atoms with E-state index in [9.17, 15) is 68.1 Å². The van der Waals surface area contributed by atoms with Gasteiger partial charge in [0.2, 0.25) is 53.2 Å². The molecular weight excluding hydrogens is 875 g/mol. The highest BCUT2D eigenvalue weighted by Crippen LogP contribution is 2.27. The minimum atomic E-state index is -1.71. The minimum Gasteiger partial charge on any atom is -0.394 e. The van der Waals surface area contributed by atoms with Crippen molar-refractivity contribution in [3.05, 3.63) is 0 Å². The standard InChI is InChI=1S/C40H63N11O15/c1-18(2)15-21(39(64)49-12-4-8-25(49)35(60)48-28(19(3)54)32(43)57)45-36(61)29-30(66-29)37(62)47-23(17-53)33(58)44-20(10-11-27(41)55)38(63)51-14-6-9-26(51)40(65)50-13-5-7-24(50)34(59)46-22(16-52)31(42)56/h18-26,28-30,52-54H,4-17H2,1-3H3,(H2,41,55)(H2,42,56)(H2,43,57)(H,44,58)(H,45,61)(H,46,59)(H,47,62)(H,48,60)/t19-,20+,21+,22+,23+,24+,25+,26+,28+,29-,30-/m1/s1. The molecule has 0 unspecified atom stereocenters. The van der Waals surface area contributed by atoms with Crippen molar-refractivity contribution in [3.63, 3.8) is 0 Å². The smallest absolute Gasteiger partial charge is 0.253 e. The van der Waals surface area contributed by atoms with Crippen LogP contribution >= 0.6 is 0 Å². The molecular formula is C40H63N11O15. The molecule has 14 N–H and O–H groups in total. The molecule has 66 heavy (non-hydrogen) atoms. The molecule has 11 amide bonds. The first-order valence-corrected chi connectivity index (χ1v) is 22.0. The quantitative estimate of drug-likeness (QED) is 0.0424.